The minimum Gasteiger partial charge on any atom is -0.494 e. The van der Waals surface area contributed by atoms with Crippen molar-refractivity contribution in [2.75, 3.05) is 28.3 Å². The van der Waals surface area contributed by atoms with Gasteiger partial charge in [0, 0.05) is 47.1 Å². The first kappa shape index (κ1) is 24.7. The fourth-order valence-corrected chi connectivity index (χ4v) is 4.58. The van der Waals surface area contributed by atoms with Crippen molar-refractivity contribution >= 4 is 27.0 Å². The van der Waals surface area contributed by atoms with Crippen LogP contribution in [0.25, 0.3) is 11.0 Å². The average molecular weight is 477 g/mol. The Hall–Kier alpha value is -2.98. The van der Waals surface area contributed by atoms with Gasteiger partial charge in [0.25, 0.3) is 0 Å². The zero-order chi connectivity index (χ0) is 24.3. The Morgan fingerprint density at radius 1 is 1.15 bits per heavy atom. The van der Waals surface area contributed by atoms with E-state index in [9.17, 15) is 17.6 Å². The number of methoxy groups -OCH3 is 1. The van der Waals surface area contributed by atoms with Crippen LogP contribution in [0, 0.1) is 5.82 Å². The molecule has 0 aliphatic heterocycles. The fourth-order valence-electron chi connectivity index (χ4n) is 3.65. The molecule has 0 aliphatic carbocycles. The Kier molecular flexibility index (Phi) is 7.38. The van der Waals surface area contributed by atoms with Gasteiger partial charge in [0.1, 0.15) is 5.82 Å². The van der Waals surface area contributed by atoms with E-state index in [0.717, 1.165) is 9.82 Å². The Morgan fingerprint density at radius 2 is 1.88 bits per heavy atom. The summed E-state index contributed by atoms with van der Waals surface area (Å²) in [5.41, 5.74) is 2.06. The summed E-state index contributed by atoms with van der Waals surface area (Å²) in [6.45, 7) is 2.89. The first-order valence-electron chi connectivity index (χ1n) is 10.6. The maximum Gasteiger partial charge on any atom is 0.242 e. The summed E-state index contributed by atoms with van der Waals surface area (Å²) in [6.07, 6.45) is 0.625. The van der Waals surface area contributed by atoms with Crippen molar-refractivity contribution in [2.45, 2.75) is 37.8 Å². The lowest BCUT2D eigenvalue weighted by Gasteiger charge is -2.18. The molecule has 2 aromatic carbocycles. The van der Waals surface area contributed by atoms with Crippen molar-refractivity contribution in [1.29, 1.82) is 0 Å². The minimum atomic E-state index is -3.56. The summed E-state index contributed by atoms with van der Waals surface area (Å²) < 4.78 is 46.9. The summed E-state index contributed by atoms with van der Waals surface area (Å²) in [5.74, 6) is 0.303. The maximum atomic E-state index is 13.9. The Labute approximate surface area is 193 Å². The van der Waals surface area contributed by atoms with Crippen LogP contribution in [0.5, 0.6) is 5.75 Å². The van der Waals surface area contributed by atoms with Crippen molar-refractivity contribution in [2.24, 2.45) is 0 Å². The van der Waals surface area contributed by atoms with Crippen LogP contribution in [0.2, 0.25) is 0 Å². The summed E-state index contributed by atoms with van der Waals surface area (Å²) in [6, 6.07) is 9.50. The van der Waals surface area contributed by atoms with E-state index in [-0.39, 0.29) is 29.5 Å². The van der Waals surface area contributed by atoms with Gasteiger partial charge in [-0.15, -0.1) is 0 Å². The molecule has 0 saturated heterocycles. The molecule has 0 fully saturated rings. The number of fused-ring (bicyclic) bond motifs is 1. The van der Waals surface area contributed by atoms with E-state index < -0.39 is 15.8 Å². The number of aryl methyl sites for hydroxylation is 2. The molecule has 0 aliphatic rings. The van der Waals surface area contributed by atoms with Crippen LogP contribution < -0.4 is 4.74 Å². The van der Waals surface area contributed by atoms with E-state index in [1.54, 1.807) is 36.2 Å². The van der Waals surface area contributed by atoms with Crippen molar-refractivity contribution in [3.63, 3.8) is 0 Å². The highest BCUT2D eigenvalue weighted by Crippen LogP contribution is 2.23. The summed E-state index contributed by atoms with van der Waals surface area (Å²) in [5, 5.41) is 0. The Balaban J connectivity index is 1.74. The van der Waals surface area contributed by atoms with Crippen molar-refractivity contribution in [1.82, 2.24) is 18.8 Å². The summed E-state index contributed by atoms with van der Waals surface area (Å²) in [4.78, 5) is 19.0. The number of amides is 1. The summed E-state index contributed by atoms with van der Waals surface area (Å²) in [7, 11) is 2.48. The molecule has 8 nitrogen and oxygen atoms in total. The van der Waals surface area contributed by atoms with Crippen LogP contribution in [-0.2, 0) is 34.3 Å². The number of carbonyl (C=O) groups is 1. The lowest BCUT2D eigenvalue weighted by Crippen LogP contribution is -2.26. The number of hydrogen-bond donors (Lipinski definition) is 0. The highest BCUT2D eigenvalue weighted by molar-refractivity contribution is 7.89. The molecular formula is C23H29FN4O4S. The smallest absolute Gasteiger partial charge is 0.242 e. The highest BCUT2D eigenvalue weighted by atomic mass is 32.2. The third-order valence-electron chi connectivity index (χ3n) is 5.52. The number of sulfonamides is 1. The molecule has 3 rings (SSSR count). The lowest BCUT2D eigenvalue weighted by molar-refractivity contribution is -0.130. The van der Waals surface area contributed by atoms with Crippen molar-refractivity contribution in [3.8, 4) is 5.75 Å². The molecule has 1 heterocycles. The molecule has 33 heavy (non-hydrogen) atoms. The van der Waals surface area contributed by atoms with Crippen molar-refractivity contribution in [3.05, 3.63) is 53.6 Å². The van der Waals surface area contributed by atoms with Gasteiger partial charge in [0.15, 0.2) is 11.6 Å². The molecular weight excluding hydrogens is 447 g/mol. The Morgan fingerprint density at radius 3 is 2.48 bits per heavy atom. The van der Waals surface area contributed by atoms with Crippen molar-refractivity contribution < 1.29 is 22.3 Å². The van der Waals surface area contributed by atoms with Crippen LogP contribution >= 0.6 is 0 Å². The molecule has 0 bridgehead atoms. The minimum absolute atomic E-state index is 0.100. The first-order valence-corrected chi connectivity index (χ1v) is 12.0. The molecule has 0 saturated carbocycles. The third kappa shape index (κ3) is 5.17. The second kappa shape index (κ2) is 9.88. The SMILES string of the molecule is CCn1c(CCC(=O)N(C)Cc2ccc(OC)c(F)c2)nc2cc(S(=O)(=O)N(C)C)ccc21. The van der Waals surface area contributed by atoms with Crippen LogP contribution in [0.3, 0.4) is 0 Å². The number of aromatic nitrogens is 2. The average Bonchev–Trinajstić information content (AvgIpc) is 3.14. The monoisotopic (exact) mass is 476 g/mol. The lowest BCUT2D eigenvalue weighted by atomic mass is 10.2. The van der Waals surface area contributed by atoms with E-state index in [4.69, 9.17) is 4.74 Å². The number of benzene rings is 2. The van der Waals surface area contributed by atoms with Gasteiger partial charge in [-0.05, 0) is 42.8 Å². The van der Waals surface area contributed by atoms with Gasteiger partial charge in [-0.1, -0.05) is 6.07 Å². The van der Waals surface area contributed by atoms with Gasteiger partial charge in [-0.25, -0.2) is 22.1 Å². The molecule has 1 amide bonds. The van der Waals surface area contributed by atoms with Crippen LogP contribution in [0.1, 0.15) is 24.7 Å². The van der Waals surface area contributed by atoms with Crippen LogP contribution in [0.4, 0.5) is 4.39 Å². The molecule has 1 aromatic heterocycles. The van der Waals surface area contributed by atoms with Crippen LogP contribution in [0.15, 0.2) is 41.3 Å². The van der Waals surface area contributed by atoms with Gasteiger partial charge in [0.05, 0.1) is 23.0 Å². The molecule has 0 N–H and O–H groups in total. The van der Waals surface area contributed by atoms with E-state index in [0.29, 0.717) is 29.9 Å². The predicted molar refractivity (Wildman–Crippen MR) is 124 cm³/mol. The molecule has 0 radical (unpaired) electrons. The normalized spacial score (nSPS) is 11.8. The van der Waals surface area contributed by atoms with Gasteiger partial charge < -0.3 is 14.2 Å². The predicted octanol–water partition coefficient (Wildman–Crippen LogP) is 3.05. The van der Waals surface area contributed by atoms with Gasteiger partial charge in [-0.2, -0.15) is 0 Å². The van der Waals surface area contributed by atoms with E-state index in [1.165, 1.54) is 33.3 Å². The number of halogens is 1. The first-order chi connectivity index (χ1) is 15.6. The second-order valence-electron chi connectivity index (χ2n) is 7.93. The van der Waals surface area contributed by atoms with E-state index in [1.807, 2.05) is 11.5 Å². The third-order valence-corrected chi connectivity index (χ3v) is 7.33. The quantitative estimate of drug-likeness (QED) is 0.474. The topological polar surface area (TPSA) is 84.7 Å². The molecule has 0 unspecified atom stereocenters. The zero-order valence-corrected chi connectivity index (χ0v) is 20.3. The largest absolute Gasteiger partial charge is 0.494 e. The number of ether oxygens (including phenoxy) is 1. The summed E-state index contributed by atoms with van der Waals surface area (Å²) >= 11 is 0. The van der Waals surface area contributed by atoms with E-state index >= 15 is 0 Å². The molecule has 3 aromatic rings. The maximum absolute atomic E-state index is 13.9. The standard InChI is InChI=1S/C23H29FN4O4S/c1-6-28-20-9-8-17(33(30,31)26(2)3)14-19(20)25-22(28)11-12-23(29)27(4)15-16-7-10-21(32-5)18(24)13-16/h7-10,13-14H,6,11-12,15H2,1-5H3. The number of hydrogen-bond acceptors (Lipinski definition) is 5. The van der Waals surface area contributed by atoms with Gasteiger partial charge in [-0.3, -0.25) is 4.79 Å². The molecule has 10 heteroatoms. The number of rotatable bonds is 9. The molecule has 178 valence electrons. The second-order valence-corrected chi connectivity index (χ2v) is 10.1. The van der Waals surface area contributed by atoms with Crippen LogP contribution in [-0.4, -0.2) is 61.3 Å². The number of carbonyl (C=O) groups excluding carboxylic acids is 1. The zero-order valence-electron chi connectivity index (χ0n) is 19.5. The highest BCUT2D eigenvalue weighted by Gasteiger charge is 2.20. The molecule has 0 spiro atoms. The van der Waals surface area contributed by atoms with E-state index in [2.05, 4.69) is 4.98 Å². The number of nitrogens with zero attached hydrogens (tertiary/aromatic N) is 4. The number of imidazole rings is 1. The van der Waals surface area contributed by atoms with Gasteiger partial charge >= 0.3 is 0 Å². The Bertz CT molecular complexity index is 1270. The molecule has 0 atom stereocenters. The fraction of sp³-hybridized carbons (Fsp3) is 0.391. The van der Waals surface area contributed by atoms with Gasteiger partial charge in [0.2, 0.25) is 15.9 Å².